The van der Waals surface area contributed by atoms with E-state index in [9.17, 15) is 5.26 Å². The first-order valence-electron chi connectivity index (χ1n) is 20.0. The summed E-state index contributed by atoms with van der Waals surface area (Å²) in [7, 11) is 0. The molecule has 0 saturated heterocycles. The molecule has 0 aliphatic heterocycles. The van der Waals surface area contributed by atoms with Gasteiger partial charge in [0.1, 0.15) is 0 Å². The summed E-state index contributed by atoms with van der Waals surface area (Å²) >= 11 is 0. The summed E-state index contributed by atoms with van der Waals surface area (Å²) in [5, 5.41) is 15.3. The third-order valence-corrected chi connectivity index (χ3v) is 12.5. The highest BCUT2D eigenvalue weighted by Crippen LogP contribution is 2.64. The molecule has 1 aromatic heterocycles. The standard InChI is InChI=1S/C56H33N3/c57-34-43-15-9-21-49-53(43)54-44(18-10-22-50(54)56(49)47-19-7-5-16-45(47)46-17-6-8-20-48(46)56)37-25-27-38(28-26-37)51-33-52(41-29-23-35-11-1-3-13-39(35)31-41)59-55(58-51)42-30-24-36-12-2-4-14-40(36)32-42/h1-33H. The Bertz CT molecular complexity index is 3260. The smallest absolute Gasteiger partial charge is 0.160 e. The van der Waals surface area contributed by atoms with Gasteiger partial charge >= 0.3 is 0 Å². The number of fused-ring (bicyclic) bond motifs is 12. The Morgan fingerprint density at radius 3 is 1.49 bits per heavy atom. The minimum Gasteiger partial charge on any atom is -0.228 e. The van der Waals surface area contributed by atoms with E-state index in [2.05, 4.69) is 194 Å². The zero-order valence-corrected chi connectivity index (χ0v) is 31.9. The van der Waals surface area contributed by atoms with Crippen LogP contribution in [0.3, 0.4) is 0 Å². The van der Waals surface area contributed by atoms with Crippen LogP contribution in [0.4, 0.5) is 0 Å². The maximum absolute atomic E-state index is 10.6. The number of rotatable bonds is 4. The van der Waals surface area contributed by atoms with E-state index in [1.807, 2.05) is 12.1 Å². The number of nitrogens with zero attached hydrogens (tertiary/aromatic N) is 3. The summed E-state index contributed by atoms with van der Waals surface area (Å²) in [5.74, 6) is 0.685. The van der Waals surface area contributed by atoms with Crippen molar-refractivity contribution in [3.8, 4) is 73.4 Å². The predicted octanol–water partition coefficient (Wildman–Crippen LogP) is 13.7. The number of benzene rings is 9. The highest BCUT2D eigenvalue weighted by molar-refractivity contribution is 6.01. The van der Waals surface area contributed by atoms with Crippen LogP contribution < -0.4 is 0 Å². The highest BCUT2D eigenvalue weighted by atomic mass is 14.9. The van der Waals surface area contributed by atoms with Gasteiger partial charge in [-0.15, -0.1) is 0 Å². The number of hydrogen-bond acceptors (Lipinski definition) is 3. The van der Waals surface area contributed by atoms with E-state index in [-0.39, 0.29) is 0 Å². The van der Waals surface area contributed by atoms with Crippen molar-refractivity contribution in [2.24, 2.45) is 0 Å². The van der Waals surface area contributed by atoms with E-state index in [1.54, 1.807) is 0 Å². The molecule has 0 amide bonds. The molecule has 3 nitrogen and oxygen atoms in total. The largest absolute Gasteiger partial charge is 0.228 e. The summed E-state index contributed by atoms with van der Waals surface area (Å²) in [6.45, 7) is 0. The van der Waals surface area contributed by atoms with Gasteiger partial charge in [0.25, 0.3) is 0 Å². The van der Waals surface area contributed by atoms with Crippen LogP contribution in [0, 0.1) is 11.3 Å². The minimum absolute atomic E-state index is 0.528. The molecule has 272 valence electrons. The molecule has 0 atom stereocenters. The lowest BCUT2D eigenvalue weighted by atomic mass is 9.70. The summed E-state index contributed by atoms with van der Waals surface area (Å²) < 4.78 is 0. The Morgan fingerprint density at radius 2 is 0.831 bits per heavy atom. The average Bonchev–Trinajstić information content (AvgIpc) is 3.79. The maximum atomic E-state index is 10.6. The van der Waals surface area contributed by atoms with E-state index in [1.165, 1.54) is 44.0 Å². The fraction of sp³-hybridized carbons (Fsp3) is 0.0179. The van der Waals surface area contributed by atoms with Gasteiger partial charge in [-0.1, -0.05) is 176 Å². The zero-order valence-electron chi connectivity index (χ0n) is 31.9. The molecule has 2 aliphatic carbocycles. The van der Waals surface area contributed by atoms with Gasteiger partial charge in [0.05, 0.1) is 28.4 Å². The van der Waals surface area contributed by atoms with Gasteiger partial charge in [0, 0.05) is 22.3 Å². The van der Waals surface area contributed by atoms with E-state index in [0.29, 0.717) is 11.4 Å². The molecule has 0 saturated carbocycles. The maximum Gasteiger partial charge on any atom is 0.160 e. The second-order valence-electron chi connectivity index (χ2n) is 15.6. The summed E-state index contributed by atoms with van der Waals surface area (Å²) in [6, 6.07) is 73.7. The quantitative estimate of drug-likeness (QED) is 0.180. The first-order chi connectivity index (χ1) is 29.2. The van der Waals surface area contributed by atoms with Gasteiger partial charge in [-0.2, -0.15) is 5.26 Å². The molecular weight excluding hydrogens is 715 g/mol. The molecular formula is C56H33N3. The molecule has 3 heteroatoms. The molecule has 9 aromatic carbocycles. The lowest BCUT2D eigenvalue weighted by Gasteiger charge is -2.30. The van der Waals surface area contributed by atoms with Crippen LogP contribution in [0.2, 0.25) is 0 Å². The van der Waals surface area contributed by atoms with Crippen LogP contribution in [0.15, 0.2) is 200 Å². The summed E-state index contributed by atoms with van der Waals surface area (Å²) in [4.78, 5) is 10.4. The van der Waals surface area contributed by atoms with Gasteiger partial charge in [-0.05, 0) is 95.9 Å². The van der Waals surface area contributed by atoms with Crippen molar-refractivity contribution in [1.29, 1.82) is 5.26 Å². The Labute approximate surface area is 342 Å². The van der Waals surface area contributed by atoms with Gasteiger partial charge in [0.2, 0.25) is 0 Å². The molecule has 0 unspecified atom stereocenters. The second kappa shape index (κ2) is 12.8. The Hall–Kier alpha value is -7.93. The lowest BCUT2D eigenvalue weighted by Crippen LogP contribution is -2.25. The fourth-order valence-electron chi connectivity index (χ4n) is 9.93. The van der Waals surface area contributed by atoms with Crippen molar-refractivity contribution in [3.05, 3.63) is 228 Å². The van der Waals surface area contributed by atoms with E-state index >= 15 is 0 Å². The van der Waals surface area contributed by atoms with Crippen LogP contribution >= 0.6 is 0 Å². The molecule has 10 aromatic rings. The van der Waals surface area contributed by atoms with Crippen molar-refractivity contribution in [1.82, 2.24) is 9.97 Å². The topological polar surface area (TPSA) is 49.6 Å². The Balaban J connectivity index is 1.03. The minimum atomic E-state index is -0.528. The molecule has 0 bridgehead atoms. The highest BCUT2D eigenvalue weighted by Gasteiger charge is 2.52. The molecule has 0 N–H and O–H groups in total. The van der Waals surface area contributed by atoms with E-state index in [4.69, 9.17) is 9.97 Å². The van der Waals surface area contributed by atoms with Crippen molar-refractivity contribution < 1.29 is 0 Å². The number of nitriles is 1. The van der Waals surface area contributed by atoms with Gasteiger partial charge < -0.3 is 0 Å². The average molecular weight is 748 g/mol. The van der Waals surface area contributed by atoms with Crippen LogP contribution in [0.25, 0.3) is 88.8 Å². The zero-order chi connectivity index (χ0) is 39.1. The molecule has 2 aliphatic rings. The molecule has 59 heavy (non-hydrogen) atoms. The second-order valence-corrected chi connectivity index (χ2v) is 15.6. The SMILES string of the molecule is N#Cc1cccc2c1-c1c(-c3ccc(-c4cc(-c5ccc6ccccc6c5)nc(-c5ccc6ccccc6c5)n4)cc3)cccc1C21c2ccccc2-c2ccccc21. The van der Waals surface area contributed by atoms with Crippen LogP contribution in [-0.4, -0.2) is 9.97 Å². The van der Waals surface area contributed by atoms with Crippen LogP contribution in [0.1, 0.15) is 27.8 Å². The third kappa shape index (κ3) is 4.87. The van der Waals surface area contributed by atoms with Crippen molar-refractivity contribution in [3.63, 3.8) is 0 Å². The molecule has 12 rings (SSSR count). The van der Waals surface area contributed by atoms with Gasteiger partial charge in [-0.25, -0.2) is 9.97 Å². The number of hydrogen-bond donors (Lipinski definition) is 0. The lowest BCUT2D eigenvalue weighted by molar-refractivity contribution is 0.793. The van der Waals surface area contributed by atoms with E-state index in [0.717, 1.165) is 61.3 Å². The first-order valence-corrected chi connectivity index (χ1v) is 20.0. The molecule has 1 heterocycles. The molecule has 0 fully saturated rings. The monoisotopic (exact) mass is 747 g/mol. The van der Waals surface area contributed by atoms with Gasteiger partial charge in [0.15, 0.2) is 5.82 Å². The summed E-state index contributed by atoms with van der Waals surface area (Å²) in [6.07, 6.45) is 0. The third-order valence-electron chi connectivity index (χ3n) is 12.5. The van der Waals surface area contributed by atoms with Gasteiger partial charge in [-0.3, -0.25) is 0 Å². The predicted molar refractivity (Wildman–Crippen MR) is 240 cm³/mol. The van der Waals surface area contributed by atoms with Crippen molar-refractivity contribution >= 4 is 21.5 Å². The molecule has 1 spiro atoms. The Kier molecular flexibility index (Phi) is 7.21. The number of aromatic nitrogens is 2. The van der Waals surface area contributed by atoms with Crippen molar-refractivity contribution in [2.45, 2.75) is 5.41 Å². The van der Waals surface area contributed by atoms with Crippen LogP contribution in [-0.2, 0) is 5.41 Å². The summed E-state index contributed by atoms with van der Waals surface area (Å²) in [5.41, 5.74) is 16.6. The first kappa shape index (κ1) is 33.2. The normalized spacial score (nSPS) is 12.9. The van der Waals surface area contributed by atoms with Crippen molar-refractivity contribution in [2.75, 3.05) is 0 Å². The Morgan fingerprint density at radius 1 is 0.356 bits per heavy atom. The fourth-order valence-corrected chi connectivity index (χ4v) is 9.93. The molecule has 0 radical (unpaired) electrons. The van der Waals surface area contributed by atoms with E-state index < -0.39 is 5.41 Å². The van der Waals surface area contributed by atoms with Crippen LogP contribution in [0.5, 0.6) is 0 Å².